The lowest BCUT2D eigenvalue weighted by Gasteiger charge is -2.24. The highest BCUT2D eigenvalue weighted by Crippen LogP contribution is 2.28. The van der Waals surface area contributed by atoms with Gasteiger partial charge in [-0.05, 0) is 58.7 Å². The third kappa shape index (κ3) is 6.33. The van der Waals surface area contributed by atoms with Crippen molar-refractivity contribution in [1.82, 2.24) is 14.3 Å². The van der Waals surface area contributed by atoms with Crippen molar-refractivity contribution in [2.45, 2.75) is 71.9 Å². The summed E-state index contributed by atoms with van der Waals surface area (Å²) >= 11 is 6.11. The van der Waals surface area contributed by atoms with Crippen molar-refractivity contribution >= 4 is 17.4 Å². The van der Waals surface area contributed by atoms with Crippen molar-refractivity contribution in [3.63, 3.8) is 0 Å². The smallest absolute Gasteiger partial charge is 0.298 e. The van der Waals surface area contributed by atoms with Gasteiger partial charge in [-0.25, -0.2) is 9.48 Å². The number of nitrogens with zero attached hydrogens (tertiary/aromatic N) is 3. The van der Waals surface area contributed by atoms with E-state index in [4.69, 9.17) is 11.6 Å². The SMILES string of the molecule is Cc1cccc(C(C)(C)CC(=O)Cn2nc(-c3ccc(Cl)cc3)n(Cc3ccc(C(C)(C)C)cc3)c2=O)c1. The lowest BCUT2D eigenvalue weighted by Crippen LogP contribution is -2.30. The van der Waals surface area contributed by atoms with Crippen LogP contribution >= 0.6 is 11.6 Å². The van der Waals surface area contributed by atoms with Gasteiger partial charge in [0.05, 0.1) is 6.54 Å². The molecule has 4 aromatic rings. The normalized spacial score (nSPS) is 12.1. The van der Waals surface area contributed by atoms with Crippen molar-refractivity contribution in [1.29, 1.82) is 0 Å². The van der Waals surface area contributed by atoms with E-state index < -0.39 is 0 Å². The van der Waals surface area contributed by atoms with Gasteiger partial charge in [-0.1, -0.05) is 100 Å². The van der Waals surface area contributed by atoms with E-state index >= 15 is 0 Å². The van der Waals surface area contributed by atoms with Crippen LogP contribution in [0.15, 0.2) is 77.6 Å². The van der Waals surface area contributed by atoms with Gasteiger partial charge in [0.1, 0.15) is 6.54 Å². The standard InChI is InChI=1S/C32H36ClN3O2/c1-22-8-7-9-26(18-22)32(5,6)19-28(37)21-36-30(38)35(29(34-36)24-12-16-27(33)17-13-24)20-23-10-14-25(15-11-23)31(2,3)4/h7-18H,19-21H2,1-6H3. The Morgan fingerprint density at radius 1 is 0.895 bits per heavy atom. The summed E-state index contributed by atoms with van der Waals surface area (Å²) in [7, 11) is 0. The number of carbonyl (C=O) groups is 1. The summed E-state index contributed by atoms with van der Waals surface area (Å²) in [6.07, 6.45) is 0.306. The molecule has 0 spiro atoms. The second kappa shape index (κ2) is 10.7. The molecular formula is C32H36ClN3O2. The number of benzene rings is 3. The third-order valence-corrected chi connectivity index (χ3v) is 7.20. The quantitative estimate of drug-likeness (QED) is 0.248. The highest BCUT2D eigenvalue weighted by molar-refractivity contribution is 6.30. The first kappa shape index (κ1) is 27.6. The monoisotopic (exact) mass is 529 g/mol. The number of rotatable bonds is 8. The molecule has 0 aliphatic carbocycles. The molecule has 0 saturated carbocycles. The fraction of sp³-hybridized carbons (Fsp3) is 0.344. The van der Waals surface area contributed by atoms with Crippen LogP contribution in [0.3, 0.4) is 0 Å². The molecule has 0 atom stereocenters. The molecule has 0 aliphatic heterocycles. The van der Waals surface area contributed by atoms with Crippen molar-refractivity contribution < 1.29 is 4.79 Å². The van der Waals surface area contributed by atoms with E-state index in [-0.39, 0.29) is 28.8 Å². The predicted molar refractivity (Wildman–Crippen MR) is 155 cm³/mol. The van der Waals surface area contributed by atoms with E-state index in [2.05, 4.69) is 57.9 Å². The summed E-state index contributed by atoms with van der Waals surface area (Å²) in [6.45, 7) is 12.9. The molecule has 0 unspecified atom stereocenters. The van der Waals surface area contributed by atoms with Gasteiger partial charge in [-0.2, -0.15) is 0 Å². The van der Waals surface area contributed by atoms with Crippen LogP contribution in [-0.4, -0.2) is 20.1 Å². The number of carbonyl (C=O) groups excluding carboxylic acids is 1. The maximum Gasteiger partial charge on any atom is 0.346 e. The molecule has 0 saturated heterocycles. The Kier molecular flexibility index (Phi) is 7.80. The first-order chi connectivity index (χ1) is 17.8. The summed E-state index contributed by atoms with van der Waals surface area (Å²) in [4.78, 5) is 26.8. The largest absolute Gasteiger partial charge is 0.346 e. The number of aromatic nitrogens is 3. The van der Waals surface area contributed by atoms with Crippen LogP contribution in [0.1, 0.15) is 63.3 Å². The molecule has 3 aromatic carbocycles. The molecule has 0 bridgehead atoms. The number of hydrogen-bond donors (Lipinski definition) is 0. The third-order valence-electron chi connectivity index (χ3n) is 6.95. The average Bonchev–Trinajstić information content (AvgIpc) is 3.14. The van der Waals surface area contributed by atoms with Crippen molar-refractivity contribution in [2.75, 3.05) is 0 Å². The van der Waals surface area contributed by atoms with Gasteiger partial charge in [0.2, 0.25) is 0 Å². The van der Waals surface area contributed by atoms with Crippen LogP contribution < -0.4 is 5.69 Å². The molecule has 198 valence electrons. The maximum atomic E-state index is 13.6. The number of ketones is 1. The van der Waals surface area contributed by atoms with Gasteiger partial charge < -0.3 is 0 Å². The highest BCUT2D eigenvalue weighted by atomic mass is 35.5. The fourth-order valence-corrected chi connectivity index (χ4v) is 4.80. The van der Waals surface area contributed by atoms with Crippen LogP contribution in [0.2, 0.25) is 5.02 Å². The maximum absolute atomic E-state index is 13.6. The van der Waals surface area contributed by atoms with Gasteiger partial charge >= 0.3 is 5.69 Å². The van der Waals surface area contributed by atoms with E-state index in [1.165, 1.54) is 10.2 Å². The number of halogens is 1. The molecule has 0 aliphatic rings. The van der Waals surface area contributed by atoms with Gasteiger partial charge in [0, 0.05) is 17.0 Å². The second-order valence-corrected chi connectivity index (χ2v) is 12.2. The number of Topliss-reactive ketones (excluding diaryl/α,β-unsaturated/α-hetero) is 1. The first-order valence-electron chi connectivity index (χ1n) is 13.0. The Bertz CT molecular complexity index is 1490. The van der Waals surface area contributed by atoms with Crippen LogP contribution in [0, 0.1) is 6.92 Å². The average molecular weight is 530 g/mol. The lowest BCUT2D eigenvalue weighted by atomic mass is 9.79. The zero-order chi connectivity index (χ0) is 27.7. The Hall–Kier alpha value is -3.44. The van der Waals surface area contributed by atoms with Crippen LogP contribution in [-0.2, 0) is 28.7 Å². The molecule has 5 nitrogen and oxygen atoms in total. The molecule has 38 heavy (non-hydrogen) atoms. The molecule has 6 heteroatoms. The van der Waals surface area contributed by atoms with Crippen molar-refractivity contribution in [3.05, 3.63) is 111 Å². The van der Waals surface area contributed by atoms with E-state index in [9.17, 15) is 9.59 Å². The topological polar surface area (TPSA) is 56.9 Å². The summed E-state index contributed by atoms with van der Waals surface area (Å²) in [6, 6.07) is 23.7. The summed E-state index contributed by atoms with van der Waals surface area (Å²) in [5.74, 6) is 0.470. The summed E-state index contributed by atoms with van der Waals surface area (Å²) < 4.78 is 2.93. The summed E-state index contributed by atoms with van der Waals surface area (Å²) in [5.41, 5.74) is 4.61. The Balaban J connectivity index is 1.64. The molecule has 1 aromatic heterocycles. The van der Waals surface area contributed by atoms with Crippen LogP contribution in [0.25, 0.3) is 11.4 Å². The summed E-state index contributed by atoms with van der Waals surface area (Å²) in [5, 5.41) is 5.23. The molecule has 0 fully saturated rings. The lowest BCUT2D eigenvalue weighted by molar-refractivity contribution is -0.120. The van der Waals surface area contributed by atoms with E-state index in [1.807, 2.05) is 49.4 Å². The molecular weight excluding hydrogens is 494 g/mol. The minimum Gasteiger partial charge on any atom is -0.298 e. The van der Waals surface area contributed by atoms with Gasteiger partial charge in [-0.15, -0.1) is 5.10 Å². The fourth-order valence-electron chi connectivity index (χ4n) is 4.68. The van der Waals surface area contributed by atoms with Crippen LogP contribution in [0.4, 0.5) is 0 Å². The molecule has 0 radical (unpaired) electrons. The molecule has 4 rings (SSSR count). The first-order valence-corrected chi connectivity index (χ1v) is 13.3. The second-order valence-electron chi connectivity index (χ2n) is 11.8. The minimum absolute atomic E-state index is 0.0413. The predicted octanol–water partition coefficient (Wildman–Crippen LogP) is 6.96. The van der Waals surface area contributed by atoms with Crippen molar-refractivity contribution in [2.24, 2.45) is 0 Å². The van der Waals surface area contributed by atoms with Gasteiger partial charge in [0.25, 0.3) is 0 Å². The zero-order valence-electron chi connectivity index (χ0n) is 23.1. The Morgan fingerprint density at radius 2 is 1.55 bits per heavy atom. The minimum atomic E-state index is -0.358. The van der Waals surface area contributed by atoms with Gasteiger partial charge in [0.15, 0.2) is 11.6 Å². The number of aryl methyl sites for hydroxylation is 1. The molecule has 0 N–H and O–H groups in total. The van der Waals surface area contributed by atoms with E-state index in [0.717, 1.165) is 22.3 Å². The van der Waals surface area contributed by atoms with E-state index in [1.54, 1.807) is 16.7 Å². The zero-order valence-corrected chi connectivity index (χ0v) is 23.8. The molecule has 0 amide bonds. The van der Waals surface area contributed by atoms with E-state index in [0.29, 0.717) is 23.8 Å². The highest BCUT2D eigenvalue weighted by Gasteiger charge is 2.26. The van der Waals surface area contributed by atoms with Gasteiger partial charge in [-0.3, -0.25) is 9.36 Å². The Labute approximate surface area is 230 Å². The van der Waals surface area contributed by atoms with Crippen LogP contribution in [0.5, 0.6) is 0 Å². The number of hydrogen-bond acceptors (Lipinski definition) is 3. The van der Waals surface area contributed by atoms with Crippen molar-refractivity contribution in [3.8, 4) is 11.4 Å². The Morgan fingerprint density at radius 3 is 2.16 bits per heavy atom. The molecule has 1 heterocycles.